The van der Waals surface area contributed by atoms with E-state index in [2.05, 4.69) is 17.4 Å². The van der Waals surface area contributed by atoms with Crippen molar-refractivity contribution in [3.63, 3.8) is 0 Å². The SMILES string of the molecule is O=C(NC1CC1)c1ccc(OCC2CCCN2C(=O)C2(c3ccccc3)CC2)cc1. The van der Waals surface area contributed by atoms with Crippen molar-refractivity contribution in [2.24, 2.45) is 0 Å². The number of ether oxygens (including phenoxy) is 1. The Labute approximate surface area is 177 Å². The first-order valence-electron chi connectivity index (χ1n) is 11.1. The summed E-state index contributed by atoms with van der Waals surface area (Å²) in [7, 11) is 0. The maximum atomic E-state index is 13.4. The van der Waals surface area contributed by atoms with Crippen LogP contribution in [0.25, 0.3) is 0 Å². The fourth-order valence-corrected chi connectivity index (χ4v) is 4.45. The lowest BCUT2D eigenvalue weighted by Crippen LogP contribution is -2.44. The summed E-state index contributed by atoms with van der Waals surface area (Å²) in [5.74, 6) is 0.973. The molecule has 2 amide bonds. The van der Waals surface area contributed by atoms with Crippen molar-refractivity contribution < 1.29 is 14.3 Å². The molecule has 1 aliphatic heterocycles. The van der Waals surface area contributed by atoms with Gasteiger partial charge in [0.05, 0.1) is 11.5 Å². The smallest absolute Gasteiger partial charge is 0.251 e. The number of hydrogen-bond donors (Lipinski definition) is 1. The second-order valence-corrected chi connectivity index (χ2v) is 8.83. The number of likely N-dealkylation sites (tertiary alicyclic amines) is 1. The van der Waals surface area contributed by atoms with Gasteiger partial charge in [-0.15, -0.1) is 0 Å². The van der Waals surface area contributed by atoms with E-state index in [1.165, 1.54) is 0 Å². The highest BCUT2D eigenvalue weighted by atomic mass is 16.5. The van der Waals surface area contributed by atoms with Crippen molar-refractivity contribution in [2.75, 3.05) is 13.2 Å². The van der Waals surface area contributed by atoms with Gasteiger partial charge in [0.1, 0.15) is 12.4 Å². The van der Waals surface area contributed by atoms with Gasteiger partial charge in [-0.25, -0.2) is 0 Å². The zero-order valence-corrected chi connectivity index (χ0v) is 17.2. The topological polar surface area (TPSA) is 58.6 Å². The summed E-state index contributed by atoms with van der Waals surface area (Å²) in [6.45, 7) is 1.30. The standard InChI is InChI=1S/C25H28N2O3/c28-23(26-20-10-11-20)18-8-12-22(13-9-18)30-17-21-7-4-16-27(21)24(29)25(14-15-25)19-5-2-1-3-6-19/h1-3,5-6,8-9,12-13,20-21H,4,7,10-11,14-17H2,(H,26,28). The third-order valence-electron chi connectivity index (χ3n) is 6.60. The van der Waals surface area contributed by atoms with Crippen LogP contribution in [-0.2, 0) is 10.2 Å². The second-order valence-electron chi connectivity index (χ2n) is 8.83. The molecule has 5 heteroatoms. The van der Waals surface area contributed by atoms with Gasteiger partial charge in [0.25, 0.3) is 5.91 Å². The molecule has 2 saturated carbocycles. The van der Waals surface area contributed by atoms with E-state index in [1.54, 1.807) is 12.1 Å². The summed E-state index contributed by atoms with van der Waals surface area (Å²) in [6.07, 6.45) is 6.02. The predicted octanol–water partition coefficient (Wildman–Crippen LogP) is 3.68. The highest BCUT2D eigenvalue weighted by Crippen LogP contribution is 2.50. The van der Waals surface area contributed by atoms with E-state index in [0.717, 1.165) is 56.4 Å². The fraction of sp³-hybridized carbons (Fsp3) is 0.440. The molecule has 1 atom stereocenters. The lowest BCUT2D eigenvalue weighted by atomic mass is 9.94. The van der Waals surface area contributed by atoms with E-state index in [1.807, 2.05) is 35.2 Å². The van der Waals surface area contributed by atoms with Gasteiger partial charge in [0.2, 0.25) is 5.91 Å². The highest BCUT2D eigenvalue weighted by molar-refractivity contribution is 5.94. The maximum Gasteiger partial charge on any atom is 0.251 e. The Morgan fingerprint density at radius 1 is 1.00 bits per heavy atom. The van der Waals surface area contributed by atoms with E-state index in [-0.39, 0.29) is 23.3 Å². The van der Waals surface area contributed by atoms with Crippen LogP contribution >= 0.6 is 0 Å². The fourth-order valence-electron chi connectivity index (χ4n) is 4.45. The van der Waals surface area contributed by atoms with E-state index >= 15 is 0 Å². The Balaban J connectivity index is 1.20. The Morgan fingerprint density at radius 2 is 1.73 bits per heavy atom. The van der Waals surface area contributed by atoms with Crippen LogP contribution in [0.5, 0.6) is 5.75 Å². The monoisotopic (exact) mass is 404 g/mol. The number of benzene rings is 2. The largest absolute Gasteiger partial charge is 0.491 e. The van der Waals surface area contributed by atoms with Crippen LogP contribution in [0.15, 0.2) is 54.6 Å². The van der Waals surface area contributed by atoms with Gasteiger partial charge >= 0.3 is 0 Å². The minimum Gasteiger partial charge on any atom is -0.491 e. The second kappa shape index (κ2) is 7.78. The molecule has 0 aromatic heterocycles. The van der Waals surface area contributed by atoms with Crippen LogP contribution in [0.4, 0.5) is 0 Å². The Kier molecular flexibility index (Phi) is 4.97. The van der Waals surface area contributed by atoms with Gasteiger partial charge in [0.15, 0.2) is 0 Å². The third kappa shape index (κ3) is 3.81. The number of amides is 2. The average Bonchev–Trinajstić information content (AvgIpc) is 3.71. The van der Waals surface area contributed by atoms with Crippen LogP contribution in [0.1, 0.15) is 54.4 Å². The van der Waals surface area contributed by atoms with Gasteiger partial charge in [-0.2, -0.15) is 0 Å². The molecule has 1 N–H and O–H groups in total. The quantitative estimate of drug-likeness (QED) is 0.766. The molecule has 2 aromatic rings. The molecule has 156 valence electrons. The zero-order chi connectivity index (χ0) is 20.6. The normalized spacial score (nSPS) is 21.9. The maximum absolute atomic E-state index is 13.4. The zero-order valence-electron chi connectivity index (χ0n) is 17.2. The lowest BCUT2D eigenvalue weighted by Gasteiger charge is -2.29. The van der Waals surface area contributed by atoms with Crippen LogP contribution < -0.4 is 10.1 Å². The van der Waals surface area contributed by atoms with E-state index in [4.69, 9.17) is 4.74 Å². The van der Waals surface area contributed by atoms with Crippen molar-refractivity contribution in [1.82, 2.24) is 10.2 Å². The number of carbonyl (C=O) groups excluding carboxylic acids is 2. The molecule has 1 heterocycles. The summed E-state index contributed by atoms with van der Waals surface area (Å²) >= 11 is 0. The number of nitrogens with one attached hydrogen (secondary N) is 1. The minimum absolute atomic E-state index is 0.0211. The molecule has 2 aromatic carbocycles. The Hall–Kier alpha value is -2.82. The van der Waals surface area contributed by atoms with Crippen LogP contribution in [0.3, 0.4) is 0 Å². The first-order chi connectivity index (χ1) is 14.7. The molecular weight excluding hydrogens is 376 g/mol. The van der Waals surface area contributed by atoms with Gasteiger partial charge in [-0.3, -0.25) is 9.59 Å². The lowest BCUT2D eigenvalue weighted by molar-refractivity contribution is -0.135. The molecule has 3 aliphatic rings. The first kappa shape index (κ1) is 19.2. The number of carbonyl (C=O) groups is 2. The van der Waals surface area contributed by atoms with E-state index in [0.29, 0.717) is 18.2 Å². The molecule has 5 nitrogen and oxygen atoms in total. The molecule has 1 unspecified atom stereocenters. The van der Waals surface area contributed by atoms with Gasteiger partial charge in [-0.1, -0.05) is 30.3 Å². The number of hydrogen-bond acceptors (Lipinski definition) is 3. The summed E-state index contributed by atoms with van der Waals surface area (Å²) in [5, 5.41) is 2.99. The average molecular weight is 405 g/mol. The molecule has 5 rings (SSSR count). The molecule has 3 fully saturated rings. The predicted molar refractivity (Wildman–Crippen MR) is 115 cm³/mol. The molecular formula is C25H28N2O3. The molecule has 2 aliphatic carbocycles. The van der Waals surface area contributed by atoms with E-state index in [9.17, 15) is 9.59 Å². The number of rotatable bonds is 7. The molecule has 0 spiro atoms. The van der Waals surface area contributed by atoms with Crippen LogP contribution in [0.2, 0.25) is 0 Å². The van der Waals surface area contributed by atoms with Gasteiger partial charge in [-0.05, 0) is 68.4 Å². The van der Waals surface area contributed by atoms with E-state index < -0.39 is 0 Å². The Morgan fingerprint density at radius 3 is 2.40 bits per heavy atom. The summed E-state index contributed by atoms with van der Waals surface area (Å²) < 4.78 is 6.01. The van der Waals surface area contributed by atoms with Crippen molar-refractivity contribution in [3.8, 4) is 5.75 Å². The molecule has 0 radical (unpaired) electrons. The van der Waals surface area contributed by atoms with Crippen molar-refractivity contribution in [2.45, 2.75) is 56.0 Å². The number of nitrogens with zero attached hydrogens (tertiary/aromatic N) is 1. The minimum atomic E-state index is -0.319. The Bertz CT molecular complexity index is 917. The highest BCUT2D eigenvalue weighted by Gasteiger charge is 2.54. The summed E-state index contributed by atoms with van der Waals surface area (Å²) in [5.41, 5.74) is 1.48. The first-order valence-corrected chi connectivity index (χ1v) is 11.1. The summed E-state index contributed by atoms with van der Waals surface area (Å²) in [6, 6.07) is 17.9. The van der Waals surface area contributed by atoms with Crippen molar-refractivity contribution in [3.05, 3.63) is 65.7 Å². The molecule has 0 bridgehead atoms. The van der Waals surface area contributed by atoms with Gasteiger partial charge < -0.3 is 15.0 Å². The van der Waals surface area contributed by atoms with Crippen molar-refractivity contribution in [1.29, 1.82) is 0 Å². The molecule has 30 heavy (non-hydrogen) atoms. The van der Waals surface area contributed by atoms with Gasteiger partial charge in [0, 0.05) is 18.2 Å². The third-order valence-corrected chi connectivity index (χ3v) is 6.60. The van der Waals surface area contributed by atoms with Crippen LogP contribution in [-0.4, -0.2) is 41.9 Å². The van der Waals surface area contributed by atoms with Crippen LogP contribution in [0, 0.1) is 0 Å². The molecule has 1 saturated heterocycles. The summed E-state index contributed by atoms with van der Waals surface area (Å²) in [4.78, 5) is 27.5. The van der Waals surface area contributed by atoms with Crippen molar-refractivity contribution >= 4 is 11.8 Å².